The van der Waals surface area contributed by atoms with Gasteiger partial charge >= 0.3 is 0 Å². The van der Waals surface area contributed by atoms with Crippen LogP contribution in [-0.2, 0) is 21.7 Å². The van der Waals surface area contributed by atoms with Gasteiger partial charge in [0.2, 0.25) is 0 Å². The molecule has 0 radical (unpaired) electrons. The monoisotopic (exact) mass is 540 g/mol. The molecule has 2 rings (SSSR count). The fourth-order valence-corrected chi connectivity index (χ4v) is 5.84. The summed E-state index contributed by atoms with van der Waals surface area (Å²) in [6.45, 7) is 29.5. The maximum Gasteiger partial charge on any atom is 0.136 e. The predicted octanol–water partition coefficient (Wildman–Crippen LogP) is 7.58. The van der Waals surface area contributed by atoms with E-state index in [4.69, 9.17) is 4.74 Å². The minimum absolute atomic E-state index is 0.107. The third kappa shape index (κ3) is 7.07. The smallest absolute Gasteiger partial charge is 0.136 e. The molecule has 0 amide bonds. The maximum absolute atomic E-state index is 10.6. The molecule has 1 unspecified atom stereocenters. The Morgan fingerprint density at radius 1 is 0.538 bits per heavy atom. The molecule has 0 aliphatic carbocycles. The van der Waals surface area contributed by atoms with Gasteiger partial charge in [-0.05, 0) is 86.6 Å². The highest BCUT2D eigenvalue weighted by atomic mass is 16.5. The summed E-state index contributed by atoms with van der Waals surface area (Å²) in [5.74, 6) is 0.676. The van der Waals surface area contributed by atoms with Crippen LogP contribution in [0.4, 0.5) is 0 Å². The summed E-state index contributed by atoms with van der Waals surface area (Å²) in [6, 6.07) is 8.49. The molecule has 4 nitrogen and oxygen atoms in total. The van der Waals surface area contributed by atoms with E-state index in [0.717, 1.165) is 5.56 Å². The highest BCUT2D eigenvalue weighted by Crippen LogP contribution is 2.44. The number of ether oxygens (including phenoxy) is 1. The van der Waals surface area contributed by atoms with Crippen LogP contribution >= 0.6 is 0 Å². The van der Waals surface area contributed by atoms with Crippen LogP contribution in [-0.4, -0.2) is 35.1 Å². The molecule has 0 spiro atoms. The number of aliphatic hydroxyl groups is 3. The maximum atomic E-state index is 10.6. The Labute approximate surface area is 238 Å². The van der Waals surface area contributed by atoms with Crippen LogP contribution in [0.25, 0.3) is 0 Å². The third-order valence-electron chi connectivity index (χ3n) is 8.10. The normalized spacial score (nSPS) is 14.5. The molecule has 0 aliphatic rings. The van der Waals surface area contributed by atoms with E-state index < -0.39 is 31.3 Å². The molecule has 0 bridgehead atoms. The summed E-state index contributed by atoms with van der Waals surface area (Å²) in [5, 5.41) is 31.8. The van der Waals surface area contributed by atoms with Crippen LogP contribution in [0.1, 0.15) is 128 Å². The van der Waals surface area contributed by atoms with E-state index in [1.54, 1.807) is 0 Å². The van der Waals surface area contributed by atoms with Crippen LogP contribution in [0.3, 0.4) is 0 Å². The van der Waals surface area contributed by atoms with Gasteiger partial charge in [0.1, 0.15) is 11.9 Å². The minimum atomic E-state index is -1.28. The van der Waals surface area contributed by atoms with Crippen molar-refractivity contribution >= 4 is 0 Å². The predicted molar refractivity (Wildman–Crippen MR) is 164 cm³/mol. The Morgan fingerprint density at radius 3 is 1.08 bits per heavy atom. The molecule has 220 valence electrons. The molecule has 4 heteroatoms. The lowest BCUT2D eigenvalue weighted by atomic mass is 9.72. The fourth-order valence-electron chi connectivity index (χ4n) is 5.84. The standard InChI is InChI=1S/C35H56O4/c1-22-26(31(3,4)5)15-24(16-27(22)32(6,7)8)30(35(19-36,20-37)21-38)39-25-17-28(33(9,10)11)23(2)29(18-25)34(12,13)14/h15-18,30,36-38H,19-21H2,1-14H3. The Kier molecular flexibility index (Phi) is 9.56. The van der Waals surface area contributed by atoms with Gasteiger partial charge in [-0.2, -0.15) is 0 Å². The number of aliphatic hydroxyl groups excluding tert-OH is 3. The van der Waals surface area contributed by atoms with Crippen molar-refractivity contribution in [3.05, 3.63) is 63.2 Å². The summed E-state index contributed by atoms with van der Waals surface area (Å²) in [5.41, 5.74) is 6.34. The van der Waals surface area contributed by atoms with Gasteiger partial charge in [0, 0.05) is 0 Å². The van der Waals surface area contributed by atoms with Crippen LogP contribution in [0.5, 0.6) is 5.75 Å². The first kappa shape index (κ1) is 33.3. The molecule has 39 heavy (non-hydrogen) atoms. The van der Waals surface area contributed by atoms with Crippen molar-refractivity contribution in [3.8, 4) is 5.75 Å². The second kappa shape index (κ2) is 11.2. The molecular weight excluding hydrogens is 484 g/mol. The lowest BCUT2D eigenvalue weighted by molar-refractivity contribution is -0.0744. The van der Waals surface area contributed by atoms with Crippen LogP contribution in [0.2, 0.25) is 0 Å². The van der Waals surface area contributed by atoms with E-state index in [2.05, 4.69) is 121 Å². The zero-order chi connectivity index (χ0) is 30.4. The van der Waals surface area contributed by atoms with Gasteiger partial charge in [-0.25, -0.2) is 0 Å². The van der Waals surface area contributed by atoms with Crippen molar-refractivity contribution in [1.82, 2.24) is 0 Å². The fraction of sp³-hybridized carbons (Fsp3) is 0.657. The molecule has 0 heterocycles. The molecule has 0 saturated carbocycles. The number of benzene rings is 2. The quantitative estimate of drug-likeness (QED) is 0.339. The van der Waals surface area contributed by atoms with Crippen LogP contribution < -0.4 is 4.74 Å². The Bertz CT molecular complexity index is 1060. The van der Waals surface area contributed by atoms with Crippen molar-refractivity contribution in [2.24, 2.45) is 5.41 Å². The molecule has 0 saturated heterocycles. The summed E-state index contributed by atoms with van der Waals surface area (Å²) in [7, 11) is 0. The van der Waals surface area contributed by atoms with E-state index in [-0.39, 0.29) is 21.7 Å². The van der Waals surface area contributed by atoms with Gasteiger partial charge in [-0.1, -0.05) is 95.2 Å². The van der Waals surface area contributed by atoms with Crippen molar-refractivity contribution in [2.45, 2.75) is 125 Å². The highest BCUT2D eigenvalue weighted by molar-refractivity contribution is 5.49. The van der Waals surface area contributed by atoms with Gasteiger partial charge in [0.05, 0.1) is 25.2 Å². The minimum Gasteiger partial charge on any atom is -0.485 e. The molecular formula is C35H56O4. The molecule has 0 fully saturated rings. The number of hydrogen-bond acceptors (Lipinski definition) is 4. The van der Waals surface area contributed by atoms with E-state index in [0.29, 0.717) is 5.75 Å². The Morgan fingerprint density at radius 2 is 0.821 bits per heavy atom. The summed E-state index contributed by atoms with van der Waals surface area (Å²) in [4.78, 5) is 0. The SMILES string of the molecule is Cc1c(C(C)(C)C)cc(OC(c2cc(C(C)(C)C)c(C)c(C(C)(C)C)c2)C(CO)(CO)CO)cc1C(C)(C)C. The molecule has 2 aromatic rings. The van der Waals surface area contributed by atoms with Gasteiger partial charge in [-0.3, -0.25) is 0 Å². The Balaban J connectivity index is 2.98. The van der Waals surface area contributed by atoms with Gasteiger partial charge in [-0.15, -0.1) is 0 Å². The third-order valence-corrected chi connectivity index (χ3v) is 8.10. The summed E-state index contributed by atoms with van der Waals surface area (Å²) in [6.07, 6.45) is -0.774. The molecule has 3 N–H and O–H groups in total. The van der Waals surface area contributed by atoms with Crippen molar-refractivity contribution in [2.75, 3.05) is 19.8 Å². The second-order valence-electron chi connectivity index (χ2n) is 15.7. The van der Waals surface area contributed by atoms with Crippen molar-refractivity contribution < 1.29 is 20.1 Å². The van der Waals surface area contributed by atoms with E-state index in [9.17, 15) is 15.3 Å². The zero-order valence-electron chi connectivity index (χ0n) is 27.3. The first-order valence-electron chi connectivity index (χ1n) is 14.3. The summed E-state index contributed by atoms with van der Waals surface area (Å²) < 4.78 is 6.86. The van der Waals surface area contributed by atoms with Gasteiger partial charge in [0.25, 0.3) is 0 Å². The Hall–Kier alpha value is -1.88. The highest BCUT2D eigenvalue weighted by Gasteiger charge is 2.42. The molecule has 1 atom stereocenters. The average Bonchev–Trinajstić information content (AvgIpc) is 2.77. The van der Waals surface area contributed by atoms with Crippen molar-refractivity contribution in [3.63, 3.8) is 0 Å². The first-order chi connectivity index (χ1) is 17.5. The van der Waals surface area contributed by atoms with E-state index in [1.807, 2.05) is 0 Å². The van der Waals surface area contributed by atoms with E-state index >= 15 is 0 Å². The second-order valence-corrected chi connectivity index (χ2v) is 15.7. The first-order valence-corrected chi connectivity index (χ1v) is 14.3. The number of hydrogen-bond donors (Lipinski definition) is 3. The summed E-state index contributed by atoms with van der Waals surface area (Å²) >= 11 is 0. The lowest BCUT2D eigenvalue weighted by Gasteiger charge is -2.39. The zero-order valence-corrected chi connectivity index (χ0v) is 27.3. The largest absolute Gasteiger partial charge is 0.485 e. The topological polar surface area (TPSA) is 69.9 Å². The molecule has 0 aliphatic heterocycles. The number of rotatable bonds is 7. The molecule has 0 aromatic heterocycles. The van der Waals surface area contributed by atoms with Crippen LogP contribution in [0.15, 0.2) is 24.3 Å². The average molecular weight is 541 g/mol. The van der Waals surface area contributed by atoms with Crippen LogP contribution in [0, 0.1) is 19.3 Å². The molecule has 2 aromatic carbocycles. The van der Waals surface area contributed by atoms with Gasteiger partial charge < -0.3 is 20.1 Å². The lowest BCUT2D eigenvalue weighted by Crippen LogP contribution is -2.43. The van der Waals surface area contributed by atoms with Gasteiger partial charge in [0.15, 0.2) is 0 Å². The van der Waals surface area contributed by atoms with Crippen molar-refractivity contribution in [1.29, 1.82) is 0 Å². The van der Waals surface area contributed by atoms with E-state index in [1.165, 1.54) is 33.4 Å².